The van der Waals surface area contributed by atoms with Crippen molar-refractivity contribution in [2.75, 3.05) is 6.61 Å². The Morgan fingerprint density at radius 1 is 1.62 bits per heavy atom. The zero-order valence-corrected chi connectivity index (χ0v) is 8.69. The molecule has 0 unspecified atom stereocenters. The van der Waals surface area contributed by atoms with Gasteiger partial charge in [0.1, 0.15) is 6.61 Å². The SMILES string of the molecule is C=C(Cl)COc1ccc(C)nc1Cl. The normalized spacial score (nSPS) is 9.77. The lowest BCUT2D eigenvalue weighted by Crippen LogP contribution is -1.98. The van der Waals surface area contributed by atoms with Gasteiger partial charge >= 0.3 is 0 Å². The van der Waals surface area contributed by atoms with Gasteiger partial charge in [-0.1, -0.05) is 29.8 Å². The van der Waals surface area contributed by atoms with Gasteiger partial charge in [0.15, 0.2) is 10.9 Å². The summed E-state index contributed by atoms with van der Waals surface area (Å²) in [4.78, 5) is 4.02. The monoisotopic (exact) mass is 217 g/mol. The molecule has 0 aromatic carbocycles. The molecule has 1 rings (SSSR count). The smallest absolute Gasteiger partial charge is 0.171 e. The summed E-state index contributed by atoms with van der Waals surface area (Å²) in [6, 6.07) is 3.57. The summed E-state index contributed by atoms with van der Waals surface area (Å²) in [7, 11) is 0. The molecule has 1 aromatic heterocycles. The minimum absolute atomic E-state index is 0.242. The Hall–Kier alpha value is -0.730. The Bertz CT molecular complexity index is 325. The molecule has 0 aliphatic heterocycles. The summed E-state index contributed by atoms with van der Waals surface area (Å²) in [5, 5.41) is 0.773. The number of aryl methyl sites for hydroxylation is 1. The van der Waals surface area contributed by atoms with Gasteiger partial charge in [-0.3, -0.25) is 0 Å². The Morgan fingerprint density at radius 3 is 2.85 bits per heavy atom. The van der Waals surface area contributed by atoms with Crippen molar-refractivity contribution in [1.29, 1.82) is 0 Å². The predicted molar refractivity (Wildman–Crippen MR) is 54.5 cm³/mol. The maximum atomic E-state index is 5.80. The van der Waals surface area contributed by atoms with E-state index in [4.69, 9.17) is 27.9 Å². The summed E-state index contributed by atoms with van der Waals surface area (Å²) < 4.78 is 5.23. The second-order valence-corrected chi connectivity index (χ2v) is 3.44. The number of nitrogens with zero attached hydrogens (tertiary/aromatic N) is 1. The zero-order chi connectivity index (χ0) is 9.84. The van der Waals surface area contributed by atoms with Gasteiger partial charge in [0, 0.05) is 10.7 Å². The van der Waals surface area contributed by atoms with E-state index < -0.39 is 0 Å². The molecule has 0 amide bonds. The summed E-state index contributed by atoms with van der Waals surface area (Å²) in [6.45, 7) is 5.59. The highest BCUT2D eigenvalue weighted by Gasteiger charge is 2.02. The topological polar surface area (TPSA) is 22.1 Å². The molecule has 0 spiro atoms. The van der Waals surface area contributed by atoms with Crippen LogP contribution in [0.15, 0.2) is 23.7 Å². The van der Waals surface area contributed by atoms with Crippen LogP contribution in [0.25, 0.3) is 0 Å². The number of aromatic nitrogens is 1. The van der Waals surface area contributed by atoms with Gasteiger partial charge in [-0.15, -0.1) is 0 Å². The third-order valence-electron chi connectivity index (χ3n) is 1.34. The van der Waals surface area contributed by atoms with Crippen LogP contribution < -0.4 is 4.74 Å². The standard InChI is InChI=1S/C9H9Cl2NO/c1-6(10)5-13-8-4-3-7(2)12-9(8)11/h3-4H,1,5H2,2H3. The third kappa shape index (κ3) is 3.25. The molecule has 0 aliphatic rings. The highest BCUT2D eigenvalue weighted by Crippen LogP contribution is 2.22. The zero-order valence-electron chi connectivity index (χ0n) is 7.18. The fourth-order valence-electron chi connectivity index (χ4n) is 0.776. The van der Waals surface area contributed by atoms with E-state index in [1.165, 1.54) is 0 Å². The Morgan fingerprint density at radius 2 is 2.31 bits per heavy atom. The van der Waals surface area contributed by atoms with Crippen LogP contribution in [-0.4, -0.2) is 11.6 Å². The minimum atomic E-state index is 0.242. The van der Waals surface area contributed by atoms with E-state index in [1.807, 2.05) is 13.0 Å². The van der Waals surface area contributed by atoms with Gasteiger partial charge in [-0.05, 0) is 19.1 Å². The number of halogens is 2. The first-order chi connectivity index (χ1) is 6.09. The van der Waals surface area contributed by atoms with Crippen molar-refractivity contribution in [3.63, 3.8) is 0 Å². The largest absolute Gasteiger partial charge is 0.485 e. The fraction of sp³-hybridized carbons (Fsp3) is 0.222. The average Bonchev–Trinajstić information content (AvgIpc) is 2.02. The van der Waals surface area contributed by atoms with E-state index in [0.29, 0.717) is 15.9 Å². The molecular formula is C9H9Cl2NO. The molecule has 0 fully saturated rings. The van der Waals surface area contributed by atoms with Crippen molar-refractivity contribution < 1.29 is 4.74 Å². The van der Waals surface area contributed by atoms with E-state index in [0.717, 1.165) is 5.69 Å². The average molecular weight is 218 g/mol. The molecule has 13 heavy (non-hydrogen) atoms. The Kier molecular flexibility index (Phi) is 3.58. The molecule has 4 heteroatoms. The van der Waals surface area contributed by atoms with Gasteiger partial charge in [0.25, 0.3) is 0 Å². The quantitative estimate of drug-likeness (QED) is 0.727. The molecule has 0 aliphatic carbocycles. The first kappa shape index (κ1) is 10.4. The van der Waals surface area contributed by atoms with Crippen molar-refractivity contribution in [3.05, 3.63) is 34.6 Å². The lowest BCUT2D eigenvalue weighted by Gasteiger charge is -2.06. The molecule has 2 nitrogen and oxygen atoms in total. The first-order valence-electron chi connectivity index (χ1n) is 3.69. The van der Waals surface area contributed by atoms with Crippen LogP contribution in [0.5, 0.6) is 5.75 Å². The second kappa shape index (κ2) is 4.49. The predicted octanol–water partition coefficient (Wildman–Crippen LogP) is 3.17. The number of rotatable bonds is 3. The van der Waals surface area contributed by atoms with Crippen molar-refractivity contribution >= 4 is 23.2 Å². The first-order valence-corrected chi connectivity index (χ1v) is 4.44. The Labute approximate surface area is 87.1 Å². The van der Waals surface area contributed by atoms with Gasteiger partial charge < -0.3 is 4.74 Å². The highest BCUT2D eigenvalue weighted by molar-refractivity contribution is 6.31. The highest BCUT2D eigenvalue weighted by atomic mass is 35.5. The van der Waals surface area contributed by atoms with Crippen LogP contribution in [0, 0.1) is 6.92 Å². The lowest BCUT2D eigenvalue weighted by molar-refractivity contribution is 0.358. The van der Waals surface area contributed by atoms with Gasteiger partial charge in [0.05, 0.1) is 0 Å². The number of hydrogen-bond acceptors (Lipinski definition) is 2. The molecule has 70 valence electrons. The summed E-state index contributed by atoms with van der Waals surface area (Å²) >= 11 is 11.3. The molecule has 1 aromatic rings. The number of pyridine rings is 1. The van der Waals surface area contributed by atoms with E-state index in [-0.39, 0.29) is 6.61 Å². The van der Waals surface area contributed by atoms with Crippen LogP contribution in [-0.2, 0) is 0 Å². The van der Waals surface area contributed by atoms with Crippen LogP contribution in [0.1, 0.15) is 5.69 Å². The van der Waals surface area contributed by atoms with Crippen molar-refractivity contribution in [1.82, 2.24) is 4.98 Å². The molecule has 0 radical (unpaired) electrons. The van der Waals surface area contributed by atoms with Crippen LogP contribution >= 0.6 is 23.2 Å². The molecule has 0 atom stereocenters. The maximum Gasteiger partial charge on any atom is 0.171 e. The van der Waals surface area contributed by atoms with Crippen molar-refractivity contribution in [2.45, 2.75) is 6.92 Å². The molecule has 0 saturated heterocycles. The van der Waals surface area contributed by atoms with Crippen LogP contribution in [0.3, 0.4) is 0 Å². The minimum Gasteiger partial charge on any atom is -0.485 e. The van der Waals surface area contributed by atoms with Crippen molar-refractivity contribution in [3.8, 4) is 5.75 Å². The van der Waals surface area contributed by atoms with E-state index in [9.17, 15) is 0 Å². The summed E-state index contributed by atoms with van der Waals surface area (Å²) in [5.41, 5.74) is 0.849. The molecule has 0 bridgehead atoms. The maximum absolute atomic E-state index is 5.80. The van der Waals surface area contributed by atoms with Crippen LogP contribution in [0.4, 0.5) is 0 Å². The molecule has 1 heterocycles. The van der Waals surface area contributed by atoms with Gasteiger partial charge in [-0.2, -0.15) is 0 Å². The number of hydrogen-bond donors (Lipinski definition) is 0. The van der Waals surface area contributed by atoms with E-state index in [1.54, 1.807) is 6.07 Å². The van der Waals surface area contributed by atoms with Gasteiger partial charge in [-0.25, -0.2) is 4.98 Å². The van der Waals surface area contributed by atoms with E-state index in [2.05, 4.69) is 11.6 Å². The molecular weight excluding hydrogens is 209 g/mol. The summed E-state index contributed by atoms with van der Waals surface area (Å²) in [5.74, 6) is 0.522. The number of ether oxygens (including phenoxy) is 1. The Balaban J connectivity index is 2.72. The molecule has 0 saturated carbocycles. The molecule has 0 N–H and O–H groups in total. The lowest BCUT2D eigenvalue weighted by atomic mass is 10.4. The fourth-order valence-corrected chi connectivity index (χ4v) is 1.08. The van der Waals surface area contributed by atoms with E-state index >= 15 is 0 Å². The van der Waals surface area contributed by atoms with Crippen LogP contribution in [0.2, 0.25) is 5.15 Å². The second-order valence-electron chi connectivity index (χ2n) is 2.55. The summed E-state index contributed by atoms with van der Waals surface area (Å²) in [6.07, 6.45) is 0. The van der Waals surface area contributed by atoms with Gasteiger partial charge in [0.2, 0.25) is 0 Å². The van der Waals surface area contributed by atoms with Crippen molar-refractivity contribution in [2.24, 2.45) is 0 Å². The third-order valence-corrected chi connectivity index (χ3v) is 1.72.